The molecule has 0 aromatic carbocycles. The first-order chi connectivity index (χ1) is 41.3. The fourth-order valence-electron chi connectivity index (χ4n) is 11.2. The van der Waals surface area contributed by atoms with Gasteiger partial charge in [0.1, 0.15) is 159 Å². The van der Waals surface area contributed by atoms with Gasteiger partial charge >= 0.3 is 5.97 Å². The number of carboxylic acids is 1. The lowest BCUT2D eigenvalue weighted by Gasteiger charge is -2.51. The summed E-state index contributed by atoms with van der Waals surface area (Å²) in [7, 11) is 0. The van der Waals surface area contributed by atoms with Gasteiger partial charge in [0, 0.05) is 20.3 Å². The van der Waals surface area contributed by atoms with Crippen LogP contribution in [0.5, 0.6) is 0 Å². The van der Waals surface area contributed by atoms with Crippen LogP contribution in [0, 0.1) is 0 Å². The minimum Gasteiger partial charge on any atom is -0.477 e. The molecule has 0 bridgehead atoms. The molecule has 510 valence electrons. The second-order valence-electron chi connectivity index (χ2n) is 22.5. The van der Waals surface area contributed by atoms with E-state index >= 15 is 0 Å². The van der Waals surface area contributed by atoms with Crippen LogP contribution in [0.25, 0.3) is 0 Å². The number of amides is 2. The fraction of sp³-hybridized carbons (Fsp3) is 0.939. The molecule has 7 rings (SSSR count). The van der Waals surface area contributed by atoms with Crippen LogP contribution in [-0.2, 0) is 76.0 Å². The van der Waals surface area contributed by atoms with Crippen LogP contribution in [0.1, 0.15) is 34.1 Å². The predicted molar refractivity (Wildman–Crippen MR) is 269 cm³/mol. The molecule has 39 nitrogen and oxygen atoms in total. The van der Waals surface area contributed by atoms with Crippen LogP contribution in [0.2, 0.25) is 0 Å². The van der Waals surface area contributed by atoms with E-state index in [-0.39, 0.29) is 0 Å². The normalized spacial score (nSPS) is 49.3. The molecule has 0 radical (unpaired) electrons. The third kappa shape index (κ3) is 15.3. The molecular weight excluding hydrogens is 1210 g/mol. The summed E-state index contributed by atoms with van der Waals surface area (Å²) in [6, 6.07) is -3.61. The van der Waals surface area contributed by atoms with Crippen molar-refractivity contribution in [1.82, 2.24) is 10.6 Å². The van der Waals surface area contributed by atoms with Crippen LogP contribution >= 0.6 is 0 Å². The highest BCUT2D eigenvalue weighted by molar-refractivity contribution is 5.76. The number of carboxylic acid groups (broad SMARTS) is 1. The van der Waals surface area contributed by atoms with Crippen molar-refractivity contribution < 1.29 is 183 Å². The number of aliphatic carboxylic acids is 1. The molecular formula is C49H82N2O37. The highest BCUT2D eigenvalue weighted by Crippen LogP contribution is 2.41. The maximum atomic E-state index is 13.4. The zero-order valence-electron chi connectivity index (χ0n) is 47.4. The Morgan fingerprint density at radius 2 is 0.977 bits per heavy atom. The number of hydrogen-bond donors (Lipinski definition) is 23. The standard InChI is InChI=1S/C49H82N2O37/c1-11-23(59)31(67)34(70)44(77-11)80-16-5-49(48(74)75,87-39(27(16)63)25(61)15(58)6-52)88-40-28(64)18(8-54)81-46(36(40)72)85-38-22(51-14(4)57)42(73)79-20(29(38)65)10-76-43-21(50-13(3)56)30(66)37(19(9-55)83-43)84-47-41(33(69)26(62)17(7-53)82-47)86-45-35(71)32(68)24(60)12(2)78-45/h11-12,15-47,52-55,58-73H,5-10H2,1-4H3,(H,50,56)(H,51,57)(H,74,75)/t11-,12-,15+,16-,17+,18+,19+,20+,21+,22+,23+,24+,25+,26-,27+,28-,29+,30+,31+,32+,33-,34-,35-,36+,37+,38+,39-,40-,41+,42?,43+,44-,45-,46-,47-,49-/m0/s1. The Labute approximate surface area is 498 Å². The second kappa shape index (κ2) is 30.4. The summed E-state index contributed by atoms with van der Waals surface area (Å²) in [4.78, 5) is 38.7. The Hall–Kier alpha value is -2.91. The quantitative estimate of drug-likeness (QED) is 0.0479. The Morgan fingerprint density at radius 1 is 0.489 bits per heavy atom. The monoisotopic (exact) mass is 1290 g/mol. The van der Waals surface area contributed by atoms with Gasteiger partial charge in [-0.1, -0.05) is 0 Å². The highest BCUT2D eigenvalue weighted by atomic mass is 16.8. The molecule has 7 heterocycles. The molecule has 0 spiro atoms. The zero-order valence-corrected chi connectivity index (χ0v) is 47.4. The van der Waals surface area contributed by atoms with Crippen LogP contribution in [0.3, 0.4) is 0 Å². The average molecular weight is 1290 g/mol. The van der Waals surface area contributed by atoms with Crippen molar-refractivity contribution in [2.24, 2.45) is 0 Å². The summed E-state index contributed by atoms with van der Waals surface area (Å²) in [5.74, 6) is -7.28. The molecule has 23 N–H and O–H groups in total. The van der Waals surface area contributed by atoms with E-state index in [0.717, 1.165) is 13.8 Å². The first-order valence-corrected chi connectivity index (χ1v) is 28.0. The lowest BCUT2D eigenvalue weighted by Crippen LogP contribution is -2.70. The van der Waals surface area contributed by atoms with Crippen molar-refractivity contribution in [1.29, 1.82) is 0 Å². The molecule has 0 aliphatic carbocycles. The third-order valence-electron chi connectivity index (χ3n) is 16.2. The summed E-state index contributed by atoms with van der Waals surface area (Å²) in [6.45, 7) is -0.859. The number of nitrogens with one attached hydrogen (secondary N) is 2. The maximum Gasteiger partial charge on any atom is 0.364 e. The molecule has 7 aliphatic heterocycles. The predicted octanol–water partition coefficient (Wildman–Crippen LogP) is -14.7. The van der Waals surface area contributed by atoms with E-state index < -0.39 is 278 Å². The number of aliphatic hydroxyl groups is 20. The summed E-state index contributed by atoms with van der Waals surface area (Å²) < 4.78 is 74.5. The van der Waals surface area contributed by atoms with Crippen molar-refractivity contribution in [2.75, 3.05) is 33.0 Å². The number of ether oxygens (including phenoxy) is 13. The topological polar surface area (TPSA) is 620 Å². The number of rotatable bonds is 22. The van der Waals surface area contributed by atoms with Gasteiger partial charge in [0.15, 0.2) is 37.7 Å². The smallest absolute Gasteiger partial charge is 0.364 e. The molecule has 36 atom stereocenters. The summed E-state index contributed by atoms with van der Waals surface area (Å²) in [6.07, 6.45) is -66.7. The lowest BCUT2D eigenvalue weighted by molar-refractivity contribution is -0.395. The van der Waals surface area contributed by atoms with Gasteiger partial charge in [0.2, 0.25) is 11.8 Å². The van der Waals surface area contributed by atoms with Gasteiger partial charge in [0.05, 0.1) is 51.3 Å². The molecule has 7 aliphatic rings. The Bertz CT molecular complexity index is 2260. The Kier molecular flexibility index (Phi) is 25.1. The van der Waals surface area contributed by atoms with E-state index in [2.05, 4.69) is 10.6 Å². The molecule has 88 heavy (non-hydrogen) atoms. The maximum absolute atomic E-state index is 13.4. The van der Waals surface area contributed by atoms with Gasteiger partial charge in [-0.2, -0.15) is 0 Å². The molecule has 7 saturated heterocycles. The molecule has 0 aromatic heterocycles. The van der Waals surface area contributed by atoms with E-state index in [1.165, 1.54) is 13.8 Å². The molecule has 2 amide bonds. The number of aliphatic hydroxyl groups excluding tert-OH is 20. The minimum absolute atomic E-state index is 0.857. The van der Waals surface area contributed by atoms with Gasteiger partial charge in [-0.05, 0) is 13.8 Å². The summed E-state index contributed by atoms with van der Waals surface area (Å²) >= 11 is 0. The summed E-state index contributed by atoms with van der Waals surface area (Å²) in [5, 5.41) is 233. The zero-order chi connectivity index (χ0) is 65.3. The van der Waals surface area contributed by atoms with E-state index in [1.807, 2.05) is 0 Å². The van der Waals surface area contributed by atoms with Crippen LogP contribution in [-0.4, -0.2) is 378 Å². The third-order valence-corrected chi connectivity index (χ3v) is 16.2. The average Bonchev–Trinajstić information content (AvgIpc) is 1.82. The van der Waals surface area contributed by atoms with Crippen LogP contribution in [0.15, 0.2) is 0 Å². The minimum atomic E-state index is -3.36. The Morgan fingerprint density at radius 3 is 1.52 bits per heavy atom. The van der Waals surface area contributed by atoms with Gasteiger partial charge in [0.25, 0.3) is 5.79 Å². The van der Waals surface area contributed by atoms with Crippen LogP contribution in [0.4, 0.5) is 0 Å². The summed E-state index contributed by atoms with van der Waals surface area (Å²) in [5.41, 5.74) is 0. The lowest BCUT2D eigenvalue weighted by atomic mass is 9.89. The molecule has 1 unspecified atom stereocenters. The van der Waals surface area contributed by atoms with Crippen molar-refractivity contribution in [3.8, 4) is 0 Å². The van der Waals surface area contributed by atoms with Gasteiger partial charge in [-0.3, -0.25) is 9.59 Å². The first-order valence-electron chi connectivity index (χ1n) is 28.0. The van der Waals surface area contributed by atoms with Crippen molar-refractivity contribution in [3.05, 3.63) is 0 Å². The van der Waals surface area contributed by atoms with Crippen molar-refractivity contribution in [2.45, 2.75) is 255 Å². The van der Waals surface area contributed by atoms with Crippen molar-refractivity contribution >= 4 is 17.8 Å². The largest absolute Gasteiger partial charge is 0.477 e. The SMILES string of the molecule is CC(=O)N[C@H]1[C@H](OC[C@H]2OC(O)[C@H](NC(C)=O)[C@@H](O[C@@H]3O[C@H](CO)[C@H](O)[C@H](O[C@]4(C(=O)O)C[C@H](O[C@@H]5O[C@@H](C)[C@@H](O)[C@@H](O)[C@@H]5O)[C@@H](O)[C@H]([C@H](O)[C@H](O)CO)O4)[C@H]3O)[C@@H]2O)O[C@H](CO)[C@@H](O[C@@H]2O[C@H](CO)[C@H](O)[C@H](O)[C@H]2O[C@@H]2O[C@@H](C)[C@@H](O)[C@@H](O)[C@@H]2O)[C@@H]1O. The number of carbonyl (C=O) groups is 3. The second-order valence-corrected chi connectivity index (χ2v) is 22.5. The van der Waals surface area contributed by atoms with E-state index in [9.17, 15) is 122 Å². The molecule has 39 heteroatoms. The van der Waals surface area contributed by atoms with Crippen molar-refractivity contribution in [3.63, 3.8) is 0 Å². The molecule has 0 saturated carbocycles. The number of carbonyl (C=O) groups excluding carboxylic acids is 2. The van der Waals surface area contributed by atoms with Gasteiger partial charge < -0.3 is 179 Å². The van der Waals surface area contributed by atoms with Gasteiger partial charge in [-0.15, -0.1) is 0 Å². The number of hydrogen-bond acceptors (Lipinski definition) is 36. The van der Waals surface area contributed by atoms with Crippen LogP contribution < -0.4 is 10.6 Å². The van der Waals surface area contributed by atoms with E-state index in [4.69, 9.17) is 61.6 Å². The van der Waals surface area contributed by atoms with E-state index in [1.54, 1.807) is 0 Å². The highest BCUT2D eigenvalue weighted by Gasteiger charge is 2.62. The molecule has 7 fully saturated rings. The Balaban J connectivity index is 1.12. The van der Waals surface area contributed by atoms with E-state index in [0.29, 0.717) is 0 Å². The molecule has 0 aromatic rings. The fourth-order valence-corrected chi connectivity index (χ4v) is 11.2. The van der Waals surface area contributed by atoms with Gasteiger partial charge in [-0.25, -0.2) is 4.79 Å². The first kappa shape index (κ1) is 72.5.